The molecule has 4 nitrogen and oxygen atoms in total. The second-order valence-corrected chi connectivity index (χ2v) is 3.39. The molecule has 12 heavy (non-hydrogen) atoms. The molecule has 0 amide bonds. The monoisotopic (exact) mass is 173 g/mol. The van der Waals surface area contributed by atoms with Gasteiger partial charge in [-0.25, -0.2) is 0 Å². The highest BCUT2D eigenvalue weighted by Crippen LogP contribution is 2.38. The van der Waals surface area contributed by atoms with E-state index in [0.717, 1.165) is 19.3 Å². The van der Waals surface area contributed by atoms with Gasteiger partial charge >= 0.3 is 5.97 Å². The van der Waals surface area contributed by atoms with Crippen molar-refractivity contribution in [1.82, 2.24) is 0 Å². The van der Waals surface area contributed by atoms with Crippen LogP contribution in [0, 0.1) is 0 Å². The Morgan fingerprint density at radius 2 is 2.33 bits per heavy atom. The van der Waals surface area contributed by atoms with Crippen LogP contribution in [0.4, 0.5) is 0 Å². The van der Waals surface area contributed by atoms with Crippen LogP contribution in [0.2, 0.25) is 0 Å². The van der Waals surface area contributed by atoms with Crippen LogP contribution in [0.15, 0.2) is 0 Å². The number of hydrogen-bond acceptors (Lipinski definition) is 3. The number of ether oxygens (including phenoxy) is 1. The Morgan fingerprint density at radius 3 is 2.58 bits per heavy atom. The Bertz CT molecular complexity index is 172. The Morgan fingerprint density at radius 1 is 1.75 bits per heavy atom. The summed E-state index contributed by atoms with van der Waals surface area (Å²) in [5, 5.41) is 8.58. The van der Waals surface area contributed by atoms with E-state index in [9.17, 15) is 4.79 Å². The van der Waals surface area contributed by atoms with Gasteiger partial charge in [0.2, 0.25) is 0 Å². The second-order valence-electron chi connectivity index (χ2n) is 3.39. The molecule has 0 heterocycles. The maximum atomic E-state index is 10.5. The molecule has 1 aliphatic carbocycles. The minimum absolute atomic E-state index is 0.238. The van der Waals surface area contributed by atoms with Crippen LogP contribution in [-0.4, -0.2) is 29.8 Å². The Labute approximate surface area is 71.7 Å². The third-order valence-corrected chi connectivity index (χ3v) is 2.61. The maximum Gasteiger partial charge on any atom is 0.320 e. The fourth-order valence-electron chi connectivity index (χ4n) is 1.55. The minimum atomic E-state index is -0.946. The summed E-state index contributed by atoms with van der Waals surface area (Å²) in [6.07, 6.45) is 3.41. The van der Waals surface area contributed by atoms with Crippen LogP contribution < -0.4 is 5.73 Å². The molecule has 1 rings (SSSR count). The lowest BCUT2D eigenvalue weighted by molar-refractivity contribution is -0.143. The van der Waals surface area contributed by atoms with E-state index in [0.29, 0.717) is 6.42 Å². The maximum absolute atomic E-state index is 10.5. The average Bonchev–Trinajstić information content (AvgIpc) is 1.96. The van der Waals surface area contributed by atoms with E-state index in [1.165, 1.54) is 0 Å². The molecule has 0 aromatic rings. The van der Waals surface area contributed by atoms with Crippen molar-refractivity contribution in [2.75, 3.05) is 7.11 Å². The van der Waals surface area contributed by atoms with E-state index in [-0.39, 0.29) is 5.60 Å². The van der Waals surface area contributed by atoms with Gasteiger partial charge in [0.1, 0.15) is 6.04 Å². The molecule has 0 aliphatic heterocycles. The fourth-order valence-corrected chi connectivity index (χ4v) is 1.55. The Kier molecular flexibility index (Phi) is 2.69. The van der Waals surface area contributed by atoms with Gasteiger partial charge in [0.05, 0.1) is 5.60 Å². The van der Waals surface area contributed by atoms with Gasteiger partial charge in [0.25, 0.3) is 0 Å². The molecule has 1 aliphatic rings. The second kappa shape index (κ2) is 3.41. The lowest BCUT2D eigenvalue weighted by atomic mass is 9.76. The number of methoxy groups -OCH3 is 1. The van der Waals surface area contributed by atoms with Gasteiger partial charge in [-0.2, -0.15) is 0 Å². The number of rotatable bonds is 4. The topological polar surface area (TPSA) is 72.5 Å². The van der Waals surface area contributed by atoms with Crippen molar-refractivity contribution in [1.29, 1.82) is 0 Å². The molecule has 0 unspecified atom stereocenters. The summed E-state index contributed by atoms with van der Waals surface area (Å²) >= 11 is 0. The van der Waals surface area contributed by atoms with Crippen LogP contribution in [-0.2, 0) is 9.53 Å². The van der Waals surface area contributed by atoms with Gasteiger partial charge in [0, 0.05) is 13.5 Å². The fraction of sp³-hybridized carbons (Fsp3) is 0.875. The molecule has 0 spiro atoms. The van der Waals surface area contributed by atoms with Gasteiger partial charge in [-0.1, -0.05) is 0 Å². The highest BCUT2D eigenvalue weighted by molar-refractivity contribution is 5.73. The largest absolute Gasteiger partial charge is 0.480 e. The molecule has 3 N–H and O–H groups in total. The van der Waals surface area contributed by atoms with Gasteiger partial charge < -0.3 is 15.6 Å². The number of carbonyl (C=O) groups is 1. The highest BCUT2D eigenvalue weighted by atomic mass is 16.5. The summed E-state index contributed by atoms with van der Waals surface area (Å²) in [7, 11) is 1.62. The van der Waals surface area contributed by atoms with Crippen molar-refractivity contribution in [3.8, 4) is 0 Å². The molecule has 0 aromatic carbocycles. The zero-order valence-electron chi connectivity index (χ0n) is 7.25. The van der Waals surface area contributed by atoms with Crippen LogP contribution in [0.5, 0.6) is 0 Å². The van der Waals surface area contributed by atoms with Crippen molar-refractivity contribution in [2.45, 2.75) is 37.3 Å². The van der Waals surface area contributed by atoms with Crippen LogP contribution in [0.3, 0.4) is 0 Å². The predicted octanol–water partition coefficient (Wildman–Crippen LogP) is 0.357. The first-order valence-corrected chi connectivity index (χ1v) is 4.13. The lowest BCUT2D eigenvalue weighted by Gasteiger charge is -2.41. The first-order chi connectivity index (χ1) is 5.59. The summed E-state index contributed by atoms with van der Waals surface area (Å²) in [6, 6.07) is -0.787. The van der Waals surface area contributed by atoms with E-state index in [1.807, 2.05) is 0 Å². The van der Waals surface area contributed by atoms with Crippen LogP contribution in [0.1, 0.15) is 25.7 Å². The number of nitrogens with two attached hydrogens (primary N) is 1. The van der Waals surface area contributed by atoms with Crippen LogP contribution >= 0.6 is 0 Å². The quantitative estimate of drug-likeness (QED) is 0.643. The van der Waals surface area contributed by atoms with E-state index in [4.69, 9.17) is 15.6 Å². The standard InChI is InChI=1S/C8H15NO3/c1-12-8(3-2-4-8)5-6(9)7(10)11/h6H,2-5,9H2,1H3,(H,10,11)/t6-/m1/s1. The van der Waals surface area contributed by atoms with Crippen molar-refractivity contribution < 1.29 is 14.6 Å². The van der Waals surface area contributed by atoms with Crippen LogP contribution in [0.25, 0.3) is 0 Å². The third-order valence-electron chi connectivity index (χ3n) is 2.61. The van der Waals surface area contributed by atoms with Gasteiger partial charge in [-0.15, -0.1) is 0 Å². The Balaban J connectivity index is 2.42. The molecule has 1 fully saturated rings. The number of hydrogen-bond donors (Lipinski definition) is 2. The SMILES string of the molecule is COC1(C[C@@H](N)C(=O)O)CCC1. The van der Waals surface area contributed by atoms with E-state index < -0.39 is 12.0 Å². The molecular formula is C8H15NO3. The smallest absolute Gasteiger partial charge is 0.320 e. The van der Waals surface area contributed by atoms with E-state index >= 15 is 0 Å². The number of aliphatic carboxylic acids is 1. The Hall–Kier alpha value is -0.610. The minimum Gasteiger partial charge on any atom is -0.480 e. The predicted molar refractivity (Wildman–Crippen MR) is 43.8 cm³/mol. The lowest BCUT2D eigenvalue weighted by Crippen LogP contribution is -2.46. The van der Waals surface area contributed by atoms with Crippen molar-refractivity contribution >= 4 is 5.97 Å². The summed E-state index contributed by atoms with van der Waals surface area (Å²) in [6.45, 7) is 0. The van der Waals surface area contributed by atoms with Crippen molar-refractivity contribution in [3.63, 3.8) is 0 Å². The summed E-state index contributed by atoms with van der Waals surface area (Å²) in [4.78, 5) is 10.5. The third kappa shape index (κ3) is 1.76. The highest BCUT2D eigenvalue weighted by Gasteiger charge is 2.39. The van der Waals surface area contributed by atoms with Gasteiger partial charge in [-0.3, -0.25) is 4.79 Å². The molecule has 1 saturated carbocycles. The first-order valence-electron chi connectivity index (χ1n) is 4.13. The molecule has 1 atom stereocenters. The number of carboxylic acids is 1. The molecule has 0 saturated heterocycles. The van der Waals surface area contributed by atoms with Crippen molar-refractivity contribution in [3.05, 3.63) is 0 Å². The molecular weight excluding hydrogens is 158 g/mol. The van der Waals surface area contributed by atoms with Crippen molar-refractivity contribution in [2.24, 2.45) is 5.73 Å². The number of carboxylic acid groups (broad SMARTS) is 1. The van der Waals surface area contributed by atoms with E-state index in [1.54, 1.807) is 7.11 Å². The molecule has 0 aromatic heterocycles. The molecule has 0 radical (unpaired) electrons. The summed E-state index contributed by atoms with van der Waals surface area (Å²) in [5.74, 6) is -0.946. The average molecular weight is 173 g/mol. The zero-order valence-corrected chi connectivity index (χ0v) is 7.25. The summed E-state index contributed by atoms with van der Waals surface area (Å²) < 4.78 is 5.25. The first kappa shape index (κ1) is 9.48. The van der Waals surface area contributed by atoms with E-state index in [2.05, 4.69) is 0 Å². The molecule has 70 valence electrons. The zero-order chi connectivity index (χ0) is 9.19. The normalized spacial score (nSPS) is 22.8. The molecule has 4 heteroatoms. The van der Waals surface area contributed by atoms with Gasteiger partial charge in [0.15, 0.2) is 0 Å². The summed E-state index contributed by atoms with van der Waals surface area (Å²) in [5.41, 5.74) is 5.17. The van der Waals surface area contributed by atoms with Gasteiger partial charge in [-0.05, 0) is 19.3 Å². The molecule has 0 bridgehead atoms.